The second-order valence-electron chi connectivity index (χ2n) is 5.45. The predicted molar refractivity (Wildman–Crippen MR) is 78.8 cm³/mol. The number of benzene rings is 1. The smallest absolute Gasteiger partial charge is 0.138 e. The Morgan fingerprint density at radius 1 is 1.14 bits per heavy atom. The third-order valence-electron chi connectivity index (χ3n) is 4.10. The first-order valence-corrected chi connectivity index (χ1v) is 7.45. The average Bonchev–Trinajstić information content (AvgIpc) is 3.01. The fourth-order valence-corrected chi connectivity index (χ4v) is 2.85. The minimum absolute atomic E-state index is 0.696. The van der Waals surface area contributed by atoms with Gasteiger partial charge in [0.2, 0.25) is 0 Å². The lowest BCUT2D eigenvalue weighted by atomic mass is 9.84. The van der Waals surface area contributed by atoms with Crippen LogP contribution in [0.15, 0.2) is 30.6 Å². The molecule has 6 nitrogen and oxygen atoms in total. The van der Waals surface area contributed by atoms with Crippen LogP contribution >= 0.6 is 11.6 Å². The lowest BCUT2D eigenvalue weighted by Gasteiger charge is -2.38. The average molecular weight is 308 g/mol. The molecule has 1 aromatic heterocycles. The molecular formula is C14H18ClN5O. The van der Waals surface area contributed by atoms with Crippen molar-refractivity contribution < 1.29 is 5.11 Å². The molecule has 0 radical (unpaired) electrons. The van der Waals surface area contributed by atoms with Crippen LogP contribution in [0.2, 0.25) is 5.02 Å². The van der Waals surface area contributed by atoms with E-state index >= 15 is 0 Å². The van der Waals surface area contributed by atoms with Crippen molar-refractivity contribution >= 4 is 11.6 Å². The molecule has 7 heteroatoms. The number of halogens is 1. The third-order valence-corrected chi connectivity index (χ3v) is 4.35. The van der Waals surface area contributed by atoms with Crippen molar-refractivity contribution in [2.24, 2.45) is 0 Å². The van der Waals surface area contributed by atoms with Crippen molar-refractivity contribution in [2.75, 3.05) is 19.6 Å². The first-order chi connectivity index (χ1) is 10.2. The van der Waals surface area contributed by atoms with Gasteiger partial charge in [0.1, 0.15) is 6.33 Å². The second kappa shape index (κ2) is 6.09. The van der Waals surface area contributed by atoms with Crippen LogP contribution < -0.4 is 0 Å². The Labute approximate surface area is 128 Å². The van der Waals surface area contributed by atoms with Crippen molar-refractivity contribution in [2.45, 2.75) is 25.0 Å². The quantitative estimate of drug-likeness (QED) is 0.922. The number of aromatic nitrogens is 4. The molecule has 0 aliphatic carbocycles. The highest BCUT2D eigenvalue weighted by Gasteiger charge is 2.33. The van der Waals surface area contributed by atoms with Gasteiger partial charge in [-0.25, -0.2) is 4.68 Å². The first-order valence-electron chi connectivity index (χ1n) is 7.07. The van der Waals surface area contributed by atoms with Gasteiger partial charge in [-0.3, -0.25) is 0 Å². The van der Waals surface area contributed by atoms with E-state index < -0.39 is 5.60 Å². The lowest BCUT2D eigenvalue weighted by Crippen LogP contribution is -2.43. The van der Waals surface area contributed by atoms with E-state index in [9.17, 15) is 5.11 Å². The Kier molecular flexibility index (Phi) is 4.19. The zero-order valence-electron chi connectivity index (χ0n) is 11.7. The van der Waals surface area contributed by atoms with E-state index in [4.69, 9.17) is 11.6 Å². The SMILES string of the molecule is OC1(c2ccc(Cl)cc2)CCN(CCn2cnnn2)CC1. The van der Waals surface area contributed by atoms with Crippen molar-refractivity contribution in [3.05, 3.63) is 41.2 Å². The summed E-state index contributed by atoms with van der Waals surface area (Å²) in [6.45, 7) is 3.39. The molecule has 21 heavy (non-hydrogen) atoms. The molecule has 1 saturated heterocycles. The number of nitrogens with zero attached hydrogens (tertiary/aromatic N) is 5. The molecular weight excluding hydrogens is 290 g/mol. The Balaban J connectivity index is 1.55. The number of rotatable bonds is 4. The summed E-state index contributed by atoms with van der Waals surface area (Å²) in [5, 5.41) is 22.6. The normalized spacial score (nSPS) is 18.8. The summed E-state index contributed by atoms with van der Waals surface area (Å²) in [5.74, 6) is 0. The second-order valence-corrected chi connectivity index (χ2v) is 5.89. The van der Waals surface area contributed by atoms with Crippen LogP contribution in [0.5, 0.6) is 0 Å². The lowest BCUT2D eigenvalue weighted by molar-refractivity contribution is -0.0265. The van der Waals surface area contributed by atoms with Crippen molar-refractivity contribution in [3.8, 4) is 0 Å². The van der Waals surface area contributed by atoms with E-state index in [0.717, 1.165) is 44.6 Å². The maximum absolute atomic E-state index is 10.8. The summed E-state index contributed by atoms with van der Waals surface area (Å²) in [6.07, 6.45) is 3.07. The van der Waals surface area contributed by atoms with Gasteiger partial charge in [-0.15, -0.1) is 5.10 Å². The molecule has 0 atom stereocenters. The highest BCUT2D eigenvalue weighted by atomic mass is 35.5. The molecule has 2 aromatic rings. The maximum Gasteiger partial charge on any atom is 0.138 e. The number of aliphatic hydroxyl groups is 1. The highest BCUT2D eigenvalue weighted by Crippen LogP contribution is 2.33. The Morgan fingerprint density at radius 2 is 1.86 bits per heavy atom. The molecule has 0 bridgehead atoms. The van der Waals surface area contributed by atoms with Gasteiger partial charge in [-0.1, -0.05) is 23.7 Å². The fourth-order valence-electron chi connectivity index (χ4n) is 2.72. The van der Waals surface area contributed by atoms with E-state index in [1.54, 1.807) is 11.0 Å². The molecule has 0 amide bonds. The Morgan fingerprint density at radius 3 is 2.48 bits per heavy atom. The topological polar surface area (TPSA) is 67.1 Å². The van der Waals surface area contributed by atoms with Gasteiger partial charge >= 0.3 is 0 Å². The van der Waals surface area contributed by atoms with Crippen LogP contribution in [-0.4, -0.2) is 49.8 Å². The highest BCUT2D eigenvalue weighted by molar-refractivity contribution is 6.30. The molecule has 0 saturated carbocycles. The van der Waals surface area contributed by atoms with Crippen LogP contribution in [0.4, 0.5) is 0 Å². The summed E-state index contributed by atoms with van der Waals surface area (Å²) in [4.78, 5) is 2.33. The van der Waals surface area contributed by atoms with Gasteiger partial charge in [0, 0.05) is 24.7 Å². The summed E-state index contributed by atoms with van der Waals surface area (Å²) in [6, 6.07) is 7.50. The predicted octanol–water partition coefficient (Wildman–Crippen LogP) is 1.31. The molecule has 112 valence electrons. The number of hydrogen-bond acceptors (Lipinski definition) is 5. The number of likely N-dealkylation sites (tertiary alicyclic amines) is 1. The Bertz CT molecular complexity index is 564. The van der Waals surface area contributed by atoms with Crippen LogP contribution in [0.25, 0.3) is 0 Å². The molecule has 1 aromatic carbocycles. The maximum atomic E-state index is 10.8. The van der Waals surface area contributed by atoms with Crippen molar-refractivity contribution in [3.63, 3.8) is 0 Å². The van der Waals surface area contributed by atoms with Crippen molar-refractivity contribution in [1.82, 2.24) is 25.1 Å². The molecule has 0 spiro atoms. The summed E-state index contributed by atoms with van der Waals surface area (Å²) in [5.41, 5.74) is 0.211. The van der Waals surface area contributed by atoms with Gasteiger partial charge in [-0.2, -0.15) is 0 Å². The molecule has 1 aliphatic heterocycles. The monoisotopic (exact) mass is 307 g/mol. The zero-order valence-corrected chi connectivity index (χ0v) is 12.4. The van der Waals surface area contributed by atoms with Gasteiger partial charge in [0.25, 0.3) is 0 Å². The van der Waals surface area contributed by atoms with Crippen LogP contribution in [0.1, 0.15) is 18.4 Å². The van der Waals surface area contributed by atoms with Gasteiger partial charge in [-0.05, 0) is 41.0 Å². The van der Waals surface area contributed by atoms with E-state index in [-0.39, 0.29) is 0 Å². The molecule has 3 rings (SSSR count). The Hall–Kier alpha value is -1.50. The van der Waals surface area contributed by atoms with E-state index in [1.165, 1.54) is 0 Å². The van der Waals surface area contributed by atoms with Gasteiger partial charge in [0.15, 0.2) is 0 Å². The number of tetrazole rings is 1. The van der Waals surface area contributed by atoms with E-state index in [1.807, 2.05) is 24.3 Å². The van der Waals surface area contributed by atoms with E-state index in [2.05, 4.69) is 20.4 Å². The summed E-state index contributed by atoms with van der Waals surface area (Å²) >= 11 is 5.90. The molecule has 1 aliphatic rings. The van der Waals surface area contributed by atoms with Gasteiger partial charge < -0.3 is 10.0 Å². The summed E-state index contributed by atoms with van der Waals surface area (Å²) < 4.78 is 1.72. The number of piperidine rings is 1. The van der Waals surface area contributed by atoms with Crippen LogP contribution in [0, 0.1) is 0 Å². The minimum Gasteiger partial charge on any atom is -0.385 e. The molecule has 1 fully saturated rings. The molecule has 0 unspecified atom stereocenters. The number of hydrogen-bond donors (Lipinski definition) is 1. The molecule has 2 heterocycles. The minimum atomic E-state index is -0.740. The van der Waals surface area contributed by atoms with Crippen LogP contribution in [-0.2, 0) is 12.1 Å². The van der Waals surface area contributed by atoms with E-state index in [0.29, 0.717) is 5.02 Å². The van der Waals surface area contributed by atoms with Crippen LogP contribution in [0.3, 0.4) is 0 Å². The summed E-state index contributed by atoms with van der Waals surface area (Å²) in [7, 11) is 0. The zero-order chi connectivity index (χ0) is 14.7. The van der Waals surface area contributed by atoms with Crippen molar-refractivity contribution in [1.29, 1.82) is 0 Å². The van der Waals surface area contributed by atoms with Gasteiger partial charge in [0.05, 0.1) is 12.1 Å². The third kappa shape index (κ3) is 3.40. The molecule has 1 N–H and O–H groups in total. The largest absolute Gasteiger partial charge is 0.385 e. The fraction of sp³-hybridized carbons (Fsp3) is 0.500. The first kappa shape index (κ1) is 14.4. The standard InChI is InChI=1S/C14H18ClN5O/c15-13-3-1-12(2-4-13)14(21)5-7-19(8-6-14)9-10-20-11-16-17-18-20/h1-4,11,21H,5-10H2.